The highest BCUT2D eigenvalue weighted by Crippen LogP contribution is 1.97. The van der Waals surface area contributed by atoms with Gasteiger partial charge in [0.05, 0.1) is 6.67 Å². The number of rotatable bonds is 4. The smallest absolute Gasteiger partial charge is 0.0894 e. The van der Waals surface area contributed by atoms with Crippen LogP contribution in [0.25, 0.3) is 0 Å². The average Bonchev–Trinajstić information content (AvgIpc) is 1.66. The van der Waals surface area contributed by atoms with Crippen molar-refractivity contribution in [1.82, 2.24) is 0 Å². The molecule has 0 unspecified atom stereocenters. The van der Waals surface area contributed by atoms with Gasteiger partial charge in [-0.2, -0.15) is 0 Å². The summed E-state index contributed by atoms with van der Waals surface area (Å²) >= 11 is 0. The van der Waals surface area contributed by atoms with Crippen LogP contribution in [0.1, 0.15) is 26.2 Å². The summed E-state index contributed by atoms with van der Waals surface area (Å²) in [6.45, 7) is 1.74. The molecule has 1 atom stereocenters. The molecular weight excluding hydrogens is 105 g/mol. The Balaban J connectivity index is 2.72. The molecule has 1 nitrogen and oxygen atoms in total. The first-order valence-electron chi connectivity index (χ1n) is 3.09. The third-order valence-corrected chi connectivity index (χ3v) is 1.04. The molecular formula is C6H14FN. The molecule has 0 spiro atoms. The number of halogens is 1. The van der Waals surface area contributed by atoms with Crippen molar-refractivity contribution in [3.05, 3.63) is 0 Å². The van der Waals surface area contributed by atoms with E-state index in [0.29, 0.717) is 6.42 Å². The van der Waals surface area contributed by atoms with Crippen LogP contribution in [0.3, 0.4) is 0 Å². The highest BCUT2D eigenvalue weighted by molar-refractivity contribution is 4.51. The van der Waals surface area contributed by atoms with Gasteiger partial charge in [0.2, 0.25) is 0 Å². The lowest BCUT2D eigenvalue weighted by Crippen LogP contribution is -2.13. The minimum Gasteiger partial charge on any atom is -0.328 e. The standard InChI is InChI=1S/C6H14FN/c1-6(8)4-2-3-5-7/h6H,2-5,8H2,1H3/t6-/m1/s1. The van der Waals surface area contributed by atoms with Crippen molar-refractivity contribution in [2.24, 2.45) is 5.73 Å². The zero-order valence-corrected chi connectivity index (χ0v) is 5.36. The van der Waals surface area contributed by atoms with Gasteiger partial charge in [-0.3, -0.25) is 4.39 Å². The molecule has 0 amide bonds. The van der Waals surface area contributed by atoms with Crippen molar-refractivity contribution in [2.75, 3.05) is 6.67 Å². The topological polar surface area (TPSA) is 26.0 Å². The number of alkyl halides is 1. The maximum absolute atomic E-state index is 11.4. The summed E-state index contributed by atoms with van der Waals surface area (Å²) < 4.78 is 11.4. The Labute approximate surface area is 50.1 Å². The Hall–Kier alpha value is -0.110. The van der Waals surface area contributed by atoms with Crippen LogP contribution in [-0.2, 0) is 0 Å². The van der Waals surface area contributed by atoms with Gasteiger partial charge in [-0.25, -0.2) is 0 Å². The minimum atomic E-state index is -0.202. The number of hydrogen-bond donors (Lipinski definition) is 1. The van der Waals surface area contributed by atoms with Gasteiger partial charge < -0.3 is 5.73 Å². The van der Waals surface area contributed by atoms with Gasteiger partial charge in [0, 0.05) is 6.04 Å². The van der Waals surface area contributed by atoms with E-state index >= 15 is 0 Å². The monoisotopic (exact) mass is 119 g/mol. The molecule has 0 fully saturated rings. The summed E-state index contributed by atoms with van der Waals surface area (Å²) in [6.07, 6.45) is 2.54. The molecule has 2 N–H and O–H groups in total. The summed E-state index contributed by atoms with van der Waals surface area (Å²) in [5.41, 5.74) is 5.41. The Morgan fingerprint density at radius 3 is 2.50 bits per heavy atom. The van der Waals surface area contributed by atoms with E-state index in [1.54, 1.807) is 0 Å². The van der Waals surface area contributed by atoms with Gasteiger partial charge in [-0.05, 0) is 26.2 Å². The van der Waals surface area contributed by atoms with Crippen molar-refractivity contribution in [1.29, 1.82) is 0 Å². The lowest BCUT2D eigenvalue weighted by atomic mass is 10.2. The van der Waals surface area contributed by atoms with E-state index in [-0.39, 0.29) is 12.7 Å². The molecule has 0 aliphatic carbocycles. The summed E-state index contributed by atoms with van der Waals surface area (Å²) in [5.74, 6) is 0. The van der Waals surface area contributed by atoms with E-state index in [2.05, 4.69) is 0 Å². The second kappa shape index (κ2) is 5.04. The van der Waals surface area contributed by atoms with Crippen LogP contribution in [0.5, 0.6) is 0 Å². The molecule has 0 aromatic heterocycles. The fourth-order valence-electron chi connectivity index (χ4n) is 0.561. The van der Waals surface area contributed by atoms with E-state index < -0.39 is 0 Å². The molecule has 0 rings (SSSR count). The number of nitrogens with two attached hydrogens (primary N) is 1. The van der Waals surface area contributed by atoms with Crippen LogP contribution in [0, 0.1) is 0 Å². The quantitative estimate of drug-likeness (QED) is 0.557. The zero-order chi connectivity index (χ0) is 6.41. The Kier molecular flexibility index (Phi) is 4.97. The van der Waals surface area contributed by atoms with E-state index in [1.165, 1.54) is 0 Å². The van der Waals surface area contributed by atoms with Gasteiger partial charge in [0.1, 0.15) is 0 Å². The maximum Gasteiger partial charge on any atom is 0.0894 e. The van der Waals surface area contributed by atoms with E-state index in [0.717, 1.165) is 12.8 Å². The van der Waals surface area contributed by atoms with E-state index in [9.17, 15) is 4.39 Å². The Bertz CT molecular complexity index is 45.8. The fourth-order valence-corrected chi connectivity index (χ4v) is 0.561. The van der Waals surface area contributed by atoms with Gasteiger partial charge in [0.15, 0.2) is 0 Å². The second-order valence-electron chi connectivity index (χ2n) is 2.16. The predicted octanol–water partition coefficient (Wildman–Crippen LogP) is 1.47. The second-order valence-corrected chi connectivity index (χ2v) is 2.16. The van der Waals surface area contributed by atoms with Crippen molar-refractivity contribution in [3.8, 4) is 0 Å². The fraction of sp³-hybridized carbons (Fsp3) is 1.00. The molecule has 0 aliphatic heterocycles. The first kappa shape index (κ1) is 7.89. The molecule has 0 aliphatic rings. The van der Waals surface area contributed by atoms with Crippen LogP contribution in [0.2, 0.25) is 0 Å². The lowest BCUT2D eigenvalue weighted by molar-refractivity contribution is 0.448. The molecule has 0 bridgehead atoms. The van der Waals surface area contributed by atoms with Crippen molar-refractivity contribution in [3.63, 3.8) is 0 Å². The third kappa shape index (κ3) is 5.89. The minimum absolute atomic E-state index is 0.202. The first-order valence-corrected chi connectivity index (χ1v) is 3.09. The number of hydrogen-bond acceptors (Lipinski definition) is 1. The van der Waals surface area contributed by atoms with Gasteiger partial charge in [-0.1, -0.05) is 0 Å². The van der Waals surface area contributed by atoms with Gasteiger partial charge >= 0.3 is 0 Å². The van der Waals surface area contributed by atoms with Crippen LogP contribution in [0.15, 0.2) is 0 Å². The van der Waals surface area contributed by atoms with Crippen LogP contribution >= 0.6 is 0 Å². The lowest BCUT2D eigenvalue weighted by Gasteiger charge is -2.00. The van der Waals surface area contributed by atoms with E-state index in [1.807, 2.05) is 6.92 Å². The Morgan fingerprint density at radius 2 is 2.12 bits per heavy atom. The molecule has 0 heterocycles. The van der Waals surface area contributed by atoms with Gasteiger partial charge in [-0.15, -0.1) is 0 Å². The van der Waals surface area contributed by atoms with E-state index in [4.69, 9.17) is 5.73 Å². The molecule has 0 aromatic rings. The van der Waals surface area contributed by atoms with Crippen LogP contribution in [0.4, 0.5) is 4.39 Å². The molecule has 8 heavy (non-hydrogen) atoms. The highest BCUT2D eigenvalue weighted by atomic mass is 19.1. The third-order valence-electron chi connectivity index (χ3n) is 1.04. The molecule has 50 valence electrons. The molecule has 0 saturated heterocycles. The maximum atomic E-state index is 11.4. The normalized spacial score (nSPS) is 13.9. The SMILES string of the molecule is C[C@@H](N)CCCCF. The van der Waals surface area contributed by atoms with Crippen molar-refractivity contribution < 1.29 is 4.39 Å². The number of unbranched alkanes of at least 4 members (excludes halogenated alkanes) is 1. The molecule has 0 radical (unpaired) electrons. The molecule has 0 aromatic carbocycles. The van der Waals surface area contributed by atoms with Crippen LogP contribution < -0.4 is 5.73 Å². The zero-order valence-electron chi connectivity index (χ0n) is 5.36. The molecule has 0 saturated carbocycles. The Morgan fingerprint density at radius 1 is 1.50 bits per heavy atom. The highest BCUT2D eigenvalue weighted by Gasteiger charge is 1.91. The summed E-state index contributed by atoms with van der Waals surface area (Å²) in [4.78, 5) is 0. The summed E-state index contributed by atoms with van der Waals surface area (Å²) in [5, 5.41) is 0. The first-order chi connectivity index (χ1) is 3.77. The predicted molar refractivity (Wildman–Crippen MR) is 33.5 cm³/mol. The summed E-state index contributed by atoms with van der Waals surface area (Å²) in [7, 11) is 0. The molecule has 2 heteroatoms. The largest absolute Gasteiger partial charge is 0.328 e. The van der Waals surface area contributed by atoms with Crippen molar-refractivity contribution >= 4 is 0 Å². The van der Waals surface area contributed by atoms with Gasteiger partial charge in [0.25, 0.3) is 0 Å². The van der Waals surface area contributed by atoms with Crippen LogP contribution in [-0.4, -0.2) is 12.7 Å². The average molecular weight is 119 g/mol. The summed E-state index contributed by atoms with van der Waals surface area (Å²) in [6, 6.07) is 0.238. The van der Waals surface area contributed by atoms with Crippen molar-refractivity contribution in [2.45, 2.75) is 32.2 Å².